The van der Waals surface area contributed by atoms with Crippen molar-refractivity contribution in [3.63, 3.8) is 0 Å². The van der Waals surface area contributed by atoms with Crippen LogP contribution in [0, 0.1) is 18.8 Å². The molecule has 2 saturated carbocycles. The van der Waals surface area contributed by atoms with Crippen LogP contribution in [0.15, 0.2) is 72.8 Å². The van der Waals surface area contributed by atoms with Crippen molar-refractivity contribution >= 4 is 51.5 Å². The van der Waals surface area contributed by atoms with E-state index in [1.807, 2.05) is 0 Å². The lowest BCUT2D eigenvalue weighted by molar-refractivity contribution is 0.413. The third-order valence-electron chi connectivity index (χ3n) is 12.0. The highest BCUT2D eigenvalue weighted by Gasteiger charge is 2.49. The zero-order valence-electron chi connectivity index (χ0n) is 30.5. The summed E-state index contributed by atoms with van der Waals surface area (Å²) >= 11 is 0. The first-order valence-corrected chi connectivity index (χ1v) is 18.2. The average molecular weight is 621 g/mol. The van der Waals surface area contributed by atoms with E-state index in [0.29, 0.717) is 6.04 Å². The molecule has 2 fully saturated rings. The van der Waals surface area contributed by atoms with Gasteiger partial charge in [0.2, 0.25) is 0 Å². The number of fused-ring (bicyclic) bond motifs is 6. The average Bonchev–Trinajstić information content (AvgIpc) is 3.63. The van der Waals surface area contributed by atoms with Gasteiger partial charge >= 0.3 is 0 Å². The number of hydrogen-bond acceptors (Lipinski definition) is 2. The Bertz CT molecular complexity index is 1900. The second kappa shape index (κ2) is 10.3. The van der Waals surface area contributed by atoms with E-state index in [2.05, 4.69) is 152 Å². The molecule has 0 N–H and O–H groups in total. The number of hydrogen-bond donors (Lipinski definition) is 0. The summed E-state index contributed by atoms with van der Waals surface area (Å²) in [6.07, 6.45) is 5.52. The van der Waals surface area contributed by atoms with Crippen LogP contribution in [0.4, 0.5) is 28.4 Å². The highest BCUT2D eigenvalue weighted by molar-refractivity contribution is 7.00. The molecule has 0 aromatic heterocycles. The minimum absolute atomic E-state index is 0.0501. The highest BCUT2D eigenvalue weighted by Crippen LogP contribution is 2.51. The fourth-order valence-electron chi connectivity index (χ4n) is 9.37. The van der Waals surface area contributed by atoms with Crippen LogP contribution in [0.3, 0.4) is 0 Å². The molecule has 3 heteroatoms. The first kappa shape index (κ1) is 30.9. The number of rotatable bonds is 2. The molecule has 2 heterocycles. The predicted octanol–water partition coefficient (Wildman–Crippen LogP) is 9.83. The van der Waals surface area contributed by atoms with Gasteiger partial charge in [0.25, 0.3) is 6.71 Å². The van der Waals surface area contributed by atoms with Gasteiger partial charge in [-0.05, 0) is 129 Å². The Kier molecular flexibility index (Phi) is 6.74. The van der Waals surface area contributed by atoms with Gasteiger partial charge in [-0.3, -0.25) is 0 Å². The van der Waals surface area contributed by atoms with Crippen molar-refractivity contribution in [2.45, 2.75) is 117 Å². The van der Waals surface area contributed by atoms with E-state index >= 15 is 0 Å². The summed E-state index contributed by atoms with van der Waals surface area (Å²) in [5.74, 6) is 1.67. The number of aryl methyl sites for hydroxylation is 1. The van der Waals surface area contributed by atoms with Crippen molar-refractivity contribution < 1.29 is 0 Å². The van der Waals surface area contributed by atoms with Gasteiger partial charge in [-0.15, -0.1) is 0 Å². The lowest BCUT2D eigenvalue weighted by Crippen LogP contribution is -2.63. The van der Waals surface area contributed by atoms with E-state index in [4.69, 9.17) is 0 Å². The fraction of sp³-hybridized carbons (Fsp3) is 0.455. The van der Waals surface area contributed by atoms with E-state index in [-0.39, 0.29) is 23.0 Å². The second-order valence-electron chi connectivity index (χ2n) is 18.4. The molecule has 2 nitrogen and oxygen atoms in total. The molecule has 8 rings (SSSR count). The van der Waals surface area contributed by atoms with Crippen molar-refractivity contribution in [2.75, 3.05) is 9.80 Å². The van der Waals surface area contributed by atoms with E-state index in [0.717, 1.165) is 11.8 Å². The van der Waals surface area contributed by atoms with Crippen LogP contribution < -0.4 is 26.2 Å². The van der Waals surface area contributed by atoms with E-state index in [1.165, 1.54) is 92.8 Å². The van der Waals surface area contributed by atoms with Crippen LogP contribution in [0.1, 0.15) is 110 Å². The molecule has 0 spiro atoms. The molecule has 2 aliphatic carbocycles. The summed E-state index contributed by atoms with van der Waals surface area (Å²) in [6, 6.07) is 29.9. The van der Waals surface area contributed by atoms with Gasteiger partial charge in [0, 0.05) is 34.5 Å². The molecule has 47 heavy (non-hydrogen) atoms. The molecule has 4 aromatic carbocycles. The van der Waals surface area contributed by atoms with E-state index in [9.17, 15) is 0 Å². The first-order chi connectivity index (χ1) is 22.1. The maximum atomic E-state index is 2.84. The molecule has 3 unspecified atom stereocenters. The highest BCUT2D eigenvalue weighted by atomic mass is 15.2. The van der Waals surface area contributed by atoms with Crippen LogP contribution >= 0.6 is 0 Å². The van der Waals surface area contributed by atoms with Crippen molar-refractivity contribution in [1.29, 1.82) is 0 Å². The largest absolute Gasteiger partial charge is 0.339 e. The van der Waals surface area contributed by atoms with Crippen LogP contribution in [-0.2, 0) is 16.2 Å². The Labute approximate surface area is 284 Å². The Balaban J connectivity index is 1.45. The van der Waals surface area contributed by atoms with Crippen molar-refractivity contribution in [1.82, 2.24) is 0 Å². The fourth-order valence-corrected chi connectivity index (χ4v) is 9.37. The molecule has 0 amide bonds. The van der Waals surface area contributed by atoms with Crippen molar-refractivity contribution in [3.05, 3.63) is 95.1 Å². The van der Waals surface area contributed by atoms with Crippen molar-refractivity contribution in [2.24, 2.45) is 11.8 Å². The van der Waals surface area contributed by atoms with E-state index in [1.54, 1.807) is 0 Å². The number of benzene rings is 4. The van der Waals surface area contributed by atoms with Gasteiger partial charge in [0.1, 0.15) is 0 Å². The molecular weight excluding hydrogens is 567 g/mol. The topological polar surface area (TPSA) is 6.48 Å². The normalized spacial score (nSPS) is 21.6. The molecule has 4 aliphatic rings. The van der Waals surface area contributed by atoms with Crippen LogP contribution in [0.25, 0.3) is 0 Å². The lowest BCUT2D eigenvalue weighted by Gasteiger charge is -2.48. The van der Waals surface area contributed by atoms with Crippen LogP contribution in [0.5, 0.6) is 0 Å². The Morgan fingerprint density at radius 1 is 0.596 bits per heavy atom. The molecule has 242 valence electrons. The quantitative estimate of drug-likeness (QED) is 0.181. The Morgan fingerprint density at radius 2 is 1.26 bits per heavy atom. The zero-order valence-corrected chi connectivity index (χ0v) is 30.5. The summed E-state index contributed by atoms with van der Waals surface area (Å²) in [6.45, 7) is 23.6. The third-order valence-corrected chi connectivity index (χ3v) is 12.0. The minimum atomic E-state index is 0.0501. The summed E-state index contributed by atoms with van der Waals surface area (Å²) in [4.78, 5) is 5.46. The molecular formula is C44H53BN2. The molecule has 4 aromatic rings. The van der Waals surface area contributed by atoms with Gasteiger partial charge in [-0.1, -0.05) is 105 Å². The maximum Gasteiger partial charge on any atom is 0.252 e. The lowest BCUT2D eigenvalue weighted by atomic mass is 9.33. The molecule has 0 radical (unpaired) electrons. The Hall–Kier alpha value is -3.46. The summed E-state index contributed by atoms with van der Waals surface area (Å²) in [5, 5.41) is 0. The standard InChI is InChI=1S/C44H53BN2/c1-27-20-39-41-40(21-27)47(37-23-28-14-15-29(37)22-28)36-19-17-31(43(5,6)7)25-35(36)45(41)34-18-16-32(44(8,9)10)26-38(34)46(39)33-13-11-12-30(24-33)42(2,3)4/h11-13,16-21,24-26,28-29,37H,14-15,22-23H2,1-10H3. The van der Waals surface area contributed by atoms with Gasteiger partial charge in [0.05, 0.1) is 0 Å². The molecule has 2 aliphatic heterocycles. The zero-order chi connectivity index (χ0) is 33.2. The smallest absolute Gasteiger partial charge is 0.252 e. The van der Waals surface area contributed by atoms with Crippen LogP contribution in [0.2, 0.25) is 0 Å². The molecule has 0 saturated heterocycles. The van der Waals surface area contributed by atoms with Crippen molar-refractivity contribution in [3.8, 4) is 0 Å². The SMILES string of the molecule is Cc1cc2c3c(c1)N(C1CC4CCC1C4)c1ccc(C(C)(C)C)cc1B3c1ccc(C(C)(C)C)cc1N2c1cccc(C(C)(C)C)c1. The summed E-state index contributed by atoms with van der Waals surface area (Å²) in [5.41, 5.74) is 17.0. The summed E-state index contributed by atoms with van der Waals surface area (Å²) in [7, 11) is 0. The van der Waals surface area contributed by atoms with Gasteiger partial charge in [-0.2, -0.15) is 0 Å². The third kappa shape index (κ3) is 4.89. The monoisotopic (exact) mass is 620 g/mol. The van der Waals surface area contributed by atoms with Gasteiger partial charge in [-0.25, -0.2) is 0 Å². The Morgan fingerprint density at radius 3 is 1.91 bits per heavy atom. The number of anilines is 5. The first-order valence-electron chi connectivity index (χ1n) is 18.2. The molecule has 3 atom stereocenters. The number of nitrogens with zero attached hydrogens (tertiary/aromatic N) is 2. The van der Waals surface area contributed by atoms with Gasteiger partial charge in [0.15, 0.2) is 0 Å². The van der Waals surface area contributed by atoms with Gasteiger partial charge < -0.3 is 9.80 Å². The second-order valence-corrected chi connectivity index (χ2v) is 18.4. The summed E-state index contributed by atoms with van der Waals surface area (Å²) < 4.78 is 0. The predicted molar refractivity (Wildman–Crippen MR) is 204 cm³/mol. The van der Waals surface area contributed by atoms with E-state index < -0.39 is 0 Å². The molecule has 2 bridgehead atoms. The van der Waals surface area contributed by atoms with Crippen LogP contribution in [-0.4, -0.2) is 12.8 Å². The maximum absolute atomic E-state index is 2.84. The minimum Gasteiger partial charge on any atom is -0.339 e.